The molecule has 0 amide bonds. The molecule has 1 aliphatic rings. The van der Waals surface area contributed by atoms with Crippen molar-refractivity contribution in [3.8, 4) is 11.4 Å². The van der Waals surface area contributed by atoms with E-state index >= 15 is 0 Å². The van der Waals surface area contributed by atoms with E-state index < -0.39 is 0 Å². The highest BCUT2D eigenvalue weighted by Crippen LogP contribution is 2.35. The molecule has 1 aliphatic heterocycles. The van der Waals surface area contributed by atoms with Crippen LogP contribution in [0, 0.1) is 0 Å². The minimum atomic E-state index is 0.452. The summed E-state index contributed by atoms with van der Waals surface area (Å²) in [6, 6.07) is 11.9. The summed E-state index contributed by atoms with van der Waals surface area (Å²) in [6.45, 7) is 1.91. The van der Waals surface area contributed by atoms with E-state index in [-0.39, 0.29) is 0 Å². The minimum Gasteiger partial charge on any atom is -0.382 e. The molecule has 5 rings (SSSR count). The van der Waals surface area contributed by atoms with Crippen LogP contribution in [0.4, 0.5) is 5.69 Å². The molecule has 7 heteroatoms. The lowest BCUT2D eigenvalue weighted by Crippen LogP contribution is -2.39. The van der Waals surface area contributed by atoms with Crippen molar-refractivity contribution in [2.24, 2.45) is 0 Å². The van der Waals surface area contributed by atoms with Crippen molar-refractivity contribution >= 4 is 50.8 Å². The number of rotatable bonds is 4. The number of aromatic amines is 1. The molecule has 0 aliphatic carbocycles. The summed E-state index contributed by atoms with van der Waals surface area (Å²) in [4.78, 5) is 12.8. The maximum Gasteiger partial charge on any atom is 0.142 e. The predicted molar refractivity (Wildman–Crippen MR) is 121 cm³/mol. The highest BCUT2D eigenvalue weighted by molar-refractivity contribution is 6.31. The standard InChI is InChI=1S/C22H21Cl2N5/c23-13-4-6-18-16(9-13)21(27-11-15-3-1-2-8-25-15)17(12-26-18)22-28-19-7-5-14(24)10-20(19)29-22/h4-7,9-10,12,15,25H,1-3,8,11H2,(H,26,27)(H,28,29). The highest BCUT2D eigenvalue weighted by atomic mass is 35.5. The number of pyridine rings is 1. The lowest BCUT2D eigenvalue weighted by atomic mass is 10.0. The first-order chi connectivity index (χ1) is 14.2. The number of halogens is 2. The van der Waals surface area contributed by atoms with Gasteiger partial charge in [0.25, 0.3) is 0 Å². The molecule has 148 valence electrons. The van der Waals surface area contributed by atoms with Gasteiger partial charge in [-0.1, -0.05) is 29.6 Å². The Labute approximate surface area is 178 Å². The van der Waals surface area contributed by atoms with E-state index in [1.165, 1.54) is 19.3 Å². The van der Waals surface area contributed by atoms with Gasteiger partial charge in [-0.2, -0.15) is 0 Å². The van der Waals surface area contributed by atoms with Crippen molar-refractivity contribution < 1.29 is 0 Å². The number of H-pyrrole nitrogens is 1. The smallest absolute Gasteiger partial charge is 0.142 e. The second-order valence-electron chi connectivity index (χ2n) is 7.48. The number of nitrogens with one attached hydrogen (secondary N) is 3. The first kappa shape index (κ1) is 18.7. The zero-order chi connectivity index (χ0) is 19.8. The largest absolute Gasteiger partial charge is 0.382 e. The third-order valence-electron chi connectivity index (χ3n) is 5.47. The summed E-state index contributed by atoms with van der Waals surface area (Å²) in [7, 11) is 0. The lowest BCUT2D eigenvalue weighted by molar-refractivity contribution is 0.414. The Morgan fingerprint density at radius 3 is 2.69 bits per heavy atom. The Kier molecular flexibility index (Phi) is 5.04. The average molecular weight is 426 g/mol. The summed E-state index contributed by atoms with van der Waals surface area (Å²) in [5, 5.41) is 9.61. The average Bonchev–Trinajstić information content (AvgIpc) is 3.15. The quantitative estimate of drug-likeness (QED) is 0.395. The van der Waals surface area contributed by atoms with Gasteiger partial charge in [-0.05, 0) is 55.8 Å². The maximum atomic E-state index is 6.31. The van der Waals surface area contributed by atoms with Gasteiger partial charge >= 0.3 is 0 Å². The molecule has 0 radical (unpaired) electrons. The first-order valence-electron chi connectivity index (χ1n) is 9.88. The fraction of sp³-hybridized carbons (Fsp3) is 0.273. The summed E-state index contributed by atoms with van der Waals surface area (Å²) < 4.78 is 0. The van der Waals surface area contributed by atoms with Gasteiger partial charge in [0.2, 0.25) is 0 Å². The normalized spacial score (nSPS) is 17.1. The first-order valence-corrected chi connectivity index (χ1v) is 10.6. The van der Waals surface area contributed by atoms with Crippen LogP contribution in [-0.2, 0) is 0 Å². The van der Waals surface area contributed by atoms with Crippen LogP contribution in [-0.4, -0.2) is 34.1 Å². The molecule has 2 aromatic heterocycles. The van der Waals surface area contributed by atoms with Crippen LogP contribution in [0.3, 0.4) is 0 Å². The second kappa shape index (κ2) is 7.82. The number of benzene rings is 2. The Morgan fingerprint density at radius 1 is 1.03 bits per heavy atom. The number of fused-ring (bicyclic) bond motifs is 2. The Bertz CT molecular complexity index is 1180. The summed E-state index contributed by atoms with van der Waals surface area (Å²) in [5.41, 5.74) is 4.59. The molecule has 0 bridgehead atoms. The van der Waals surface area contributed by atoms with E-state index in [2.05, 4.69) is 20.6 Å². The molecule has 5 nitrogen and oxygen atoms in total. The SMILES string of the molecule is Clc1ccc2nc(-c3cnc4ccc(Cl)cc4c3NCC3CCCCN3)[nH]c2c1. The summed E-state index contributed by atoms with van der Waals surface area (Å²) in [6.07, 6.45) is 5.55. The fourth-order valence-electron chi connectivity index (χ4n) is 3.97. The summed E-state index contributed by atoms with van der Waals surface area (Å²) in [5.74, 6) is 0.760. The molecule has 1 fully saturated rings. The van der Waals surface area contributed by atoms with E-state index in [1.807, 2.05) is 42.6 Å². The molecular weight excluding hydrogens is 405 g/mol. The Morgan fingerprint density at radius 2 is 1.86 bits per heavy atom. The zero-order valence-electron chi connectivity index (χ0n) is 15.8. The maximum absolute atomic E-state index is 6.31. The predicted octanol–water partition coefficient (Wildman–Crippen LogP) is 5.64. The van der Waals surface area contributed by atoms with Gasteiger partial charge in [-0.25, -0.2) is 4.98 Å². The van der Waals surface area contributed by atoms with E-state index in [9.17, 15) is 0 Å². The molecule has 29 heavy (non-hydrogen) atoms. The number of nitrogens with zero attached hydrogens (tertiary/aromatic N) is 2. The van der Waals surface area contributed by atoms with Crippen LogP contribution >= 0.6 is 23.2 Å². The number of piperidine rings is 1. The van der Waals surface area contributed by atoms with E-state index in [0.29, 0.717) is 16.1 Å². The van der Waals surface area contributed by atoms with Crippen molar-refractivity contribution in [3.63, 3.8) is 0 Å². The van der Waals surface area contributed by atoms with E-state index in [1.54, 1.807) is 0 Å². The molecule has 4 aromatic rings. The lowest BCUT2D eigenvalue weighted by Gasteiger charge is -2.25. The Balaban J connectivity index is 1.60. The van der Waals surface area contributed by atoms with Gasteiger partial charge in [-0.15, -0.1) is 0 Å². The summed E-state index contributed by atoms with van der Waals surface area (Å²) >= 11 is 12.5. The van der Waals surface area contributed by atoms with Crippen LogP contribution in [0.2, 0.25) is 10.0 Å². The van der Waals surface area contributed by atoms with Gasteiger partial charge in [-0.3, -0.25) is 4.98 Å². The van der Waals surface area contributed by atoms with Crippen LogP contribution in [0.25, 0.3) is 33.3 Å². The number of anilines is 1. The molecule has 3 heterocycles. The third-order valence-corrected chi connectivity index (χ3v) is 5.94. The molecular formula is C22H21Cl2N5. The van der Waals surface area contributed by atoms with Gasteiger partial charge in [0.05, 0.1) is 27.8 Å². The monoisotopic (exact) mass is 425 g/mol. The highest BCUT2D eigenvalue weighted by Gasteiger charge is 2.17. The van der Waals surface area contributed by atoms with Crippen molar-refractivity contribution in [2.75, 3.05) is 18.4 Å². The Hall–Kier alpha value is -2.34. The topological polar surface area (TPSA) is 65.6 Å². The van der Waals surface area contributed by atoms with E-state index in [4.69, 9.17) is 28.2 Å². The molecule has 0 saturated carbocycles. The van der Waals surface area contributed by atoms with Crippen LogP contribution in [0.5, 0.6) is 0 Å². The van der Waals surface area contributed by atoms with Crippen LogP contribution in [0.15, 0.2) is 42.6 Å². The van der Waals surface area contributed by atoms with E-state index in [0.717, 1.165) is 52.1 Å². The molecule has 3 N–H and O–H groups in total. The van der Waals surface area contributed by atoms with Crippen LogP contribution in [0.1, 0.15) is 19.3 Å². The van der Waals surface area contributed by atoms with Crippen molar-refractivity contribution in [1.82, 2.24) is 20.3 Å². The number of aromatic nitrogens is 3. The van der Waals surface area contributed by atoms with Crippen LogP contribution < -0.4 is 10.6 Å². The number of hydrogen-bond donors (Lipinski definition) is 3. The van der Waals surface area contributed by atoms with Crippen molar-refractivity contribution in [3.05, 3.63) is 52.6 Å². The van der Waals surface area contributed by atoms with Gasteiger partial charge in [0.1, 0.15) is 5.82 Å². The molecule has 1 atom stereocenters. The van der Waals surface area contributed by atoms with Gasteiger partial charge < -0.3 is 15.6 Å². The molecule has 1 saturated heterocycles. The third kappa shape index (κ3) is 3.78. The molecule has 2 aromatic carbocycles. The van der Waals surface area contributed by atoms with Gasteiger partial charge in [0, 0.05) is 34.2 Å². The molecule has 1 unspecified atom stereocenters. The fourth-order valence-corrected chi connectivity index (χ4v) is 4.31. The number of imidazole rings is 1. The number of hydrogen-bond acceptors (Lipinski definition) is 4. The minimum absolute atomic E-state index is 0.452. The molecule has 0 spiro atoms. The second-order valence-corrected chi connectivity index (χ2v) is 8.36. The van der Waals surface area contributed by atoms with Gasteiger partial charge in [0.15, 0.2) is 0 Å². The van der Waals surface area contributed by atoms with Crippen molar-refractivity contribution in [1.29, 1.82) is 0 Å². The van der Waals surface area contributed by atoms with Crippen molar-refractivity contribution in [2.45, 2.75) is 25.3 Å². The zero-order valence-corrected chi connectivity index (χ0v) is 17.3.